The average Bonchev–Trinajstić information content (AvgIpc) is 2.28. The predicted octanol–water partition coefficient (Wildman–Crippen LogP) is 2.15. The van der Waals surface area contributed by atoms with E-state index in [4.69, 9.17) is 9.47 Å². The molecule has 0 heterocycles. The monoisotopic (exact) mass is 262 g/mol. The summed E-state index contributed by atoms with van der Waals surface area (Å²) < 4.78 is 42.9. The quantitative estimate of drug-likeness (QED) is 0.558. The molecule has 0 fully saturated rings. The van der Waals surface area contributed by atoms with Crippen molar-refractivity contribution in [2.75, 3.05) is 19.5 Å². The molecule has 0 spiro atoms. The maximum absolute atomic E-state index is 12.1. The van der Waals surface area contributed by atoms with Gasteiger partial charge in [0.2, 0.25) is 0 Å². The lowest BCUT2D eigenvalue weighted by atomic mass is 10.3. The zero-order chi connectivity index (χ0) is 12.7. The molecular formula is C11H15FO4S. The van der Waals surface area contributed by atoms with Gasteiger partial charge in [0, 0.05) is 0 Å². The lowest BCUT2D eigenvalue weighted by Crippen LogP contribution is -2.02. The van der Waals surface area contributed by atoms with Crippen molar-refractivity contribution in [3.05, 3.63) is 24.3 Å². The Morgan fingerprint density at radius 3 is 2.24 bits per heavy atom. The third kappa shape index (κ3) is 6.11. The van der Waals surface area contributed by atoms with Crippen LogP contribution in [0.15, 0.2) is 24.3 Å². The molecule has 0 radical (unpaired) electrons. The molecule has 0 saturated carbocycles. The van der Waals surface area contributed by atoms with Crippen molar-refractivity contribution in [2.45, 2.75) is 12.8 Å². The molecule has 0 saturated heterocycles. The van der Waals surface area contributed by atoms with Gasteiger partial charge in [0.05, 0.1) is 19.5 Å². The highest BCUT2D eigenvalue weighted by Crippen LogP contribution is 2.17. The van der Waals surface area contributed by atoms with Crippen LogP contribution in [0.25, 0.3) is 0 Å². The van der Waals surface area contributed by atoms with Crippen molar-refractivity contribution in [2.24, 2.45) is 0 Å². The van der Waals surface area contributed by atoms with E-state index in [1.807, 2.05) is 0 Å². The van der Waals surface area contributed by atoms with E-state index in [0.717, 1.165) is 5.75 Å². The molecule has 0 bridgehead atoms. The maximum atomic E-state index is 12.1. The number of methoxy groups -OCH3 is 1. The summed E-state index contributed by atoms with van der Waals surface area (Å²) in [5.74, 6) is 0.966. The van der Waals surface area contributed by atoms with Crippen molar-refractivity contribution >= 4 is 10.2 Å². The second kappa shape index (κ2) is 6.44. The van der Waals surface area contributed by atoms with Crippen molar-refractivity contribution < 1.29 is 21.8 Å². The van der Waals surface area contributed by atoms with E-state index in [9.17, 15) is 12.3 Å². The smallest absolute Gasteiger partial charge is 0.302 e. The fourth-order valence-electron chi connectivity index (χ4n) is 1.24. The Kier molecular flexibility index (Phi) is 5.21. The zero-order valence-corrected chi connectivity index (χ0v) is 10.4. The summed E-state index contributed by atoms with van der Waals surface area (Å²) in [5, 5.41) is 0. The molecule has 0 atom stereocenters. The van der Waals surface area contributed by atoms with Gasteiger partial charge in [-0.25, -0.2) is 0 Å². The molecule has 4 nitrogen and oxygen atoms in total. The van der Waals surface area contributed by atoms with Crippen LogP contribution < -0.4 is 9.47 Å². The number of hydrogen-bond donors (Lipinski definition) is 0. The van der Waals surface area contributed by atoms with E-state index in [-0.39, 0.29) is 6.42 Å². The molecule has 1 rings (SSSR count). The van der Waals surface area contributed by atoms with Gasteiger partial charge in [-0.3, -0.25) is 0 Å². The first kappa shape index (κ1) is 13.8. The molecule has 1 aromatic carbocycles. The second-order valence-corrected chi connectivity index (χ2v) is 4.96. The molecule has 0 N–H and O–H groups in total. The highest BCUT2D eigenvalue weighted by Gasteiger charge is 2.05. The number of hydrogen-bond acceptors (Lipinski definition) is 4. The summed E-state index contributed by atoms with van der Waals surface area (Å²) in [6.45, 7) is 0.363. The van der Waals surface area contributed by atoms with Crippen LogP contribution in [-0.4, -0.2) is 27.9 Å². The standard InChI is InChI=1S/C11H15FO4S/c1-15-10-4-6-11(7-5-10)16-8-2-3-9-17(12,13)14/h4-7H,2-3,8-9H2,1H3. The van der Waals surface area contributed by atoms with Crippen LogP contribution in [0.4, 0.5) is 3.89 Å². The Balaban J connectivity index is 2.22. The van der Waals surface area contributed by atoms with E-state index in [2.05, 4.69) is 0 Å². The van der Waals surface area contributed by atoms with Crippen molar-refractivity contribution in [3.8, 4) is 11.5 Å². The average molecular weight is 262 g/mol. The normalized spacial score (nSPS) is 11.2. The molecular weight excluding hydrogens is 247 g/mol. The number of unbranched alkanes of at least 4 members (excludes halogenated alkanes) is 1. The third-order valence-corrected chi connectivity index (χ3v) is 2.89. The maximum Gasteiger partial charge on any atom is 0.302 e. The topological polar surface area (TPSA) is 52.6 Å². The molecule has 6 heteroatoms. The Morgan fingerprint density at radius 2 is 1.71 bits per heavy atom. The summed E-state index contributed by atoms with van der Waals surface area (Å²) in [7, 11) is -2.77. The molecule has 1 aromatic rings. The molecule has 17 heavy (non-hydrogen) atoms. The minimum Gasteiger partial charge on any atom is -0.497 e. The van der Waals surface area contributed by atoms with Crippen molar-refractivity contribution in [1.82, 2.24) is 0 Å². The fraction of sp³-hybridized carbons (Fsp3) is 0.455. The number of ether oxygens (including phenoxy) is 2. The largest absolute Gasteiger partial charge is 0.497 e. The lowest BCUT2D eigenvalue weighted by molar-refractivity contribution is 0.308. The van der Waals surface area contributed by atoms with Gasteiger partial charge >= 0.3 is 10.2 Å². The zero-order valence-electron chi connectivity index (χ0n) is 9.56. The summed E-state index contributed by atoms with van der Waals surface area (Å²) in [6, 6.07) is 7.04. The van der Waals surface area contributed by atoms with Gasteiger partial charge in [-0.15, -0.1) is 3.89 Å². The van der Waals surface area contributed by atoms with E-state index in [1.54, 1.807) is 31.4 Å². The van der Waals surface area contributed by atoms with Gasteiger partial charge < -0.3 is 9.47 Å². The summed E-state index contributed by atoms with van der Waals surface area (Å²) in [6.07, 6.45) is 0.754. The lowest BCUT2D eigenvalue weighted by Gasteiger charge is -2.06. The Labute approximate surface area is 101 Å². The fourth-order valence-corrected chi connectivity index (χ4v) is 1.79. The van der Waals surface area contributed by atoms with E-state index < -0.39 is 16.0 Å². The molecule has 0 aliphatic heterocycles. The van der Waals surface area contributed by atoms with Crippen LogP contribution in [0.1, 0.15) is 12.8 Å². The van der Waals surface area contributed by atoms with Crippen molar-refractivity contribution in [3.63, 3.8) is 0 Å². The molecule has 96 valence electrons. The van der Waals surface area contributed by atoms with Crippen LogP contribution in [0.5, 0.6) is 11.5 Å². The van der Waals surface area contributed by atoms with Crippen LogP contribution >= 0.6 is 0 Å². The molecule has 0 aliphatic carbocycles. The molecule has 0 unspecified atom stereocenters. The Hall–Kier alpha value is -1.30. The van der Waals surface area contributed by atoms with Gasteiger partial charge in [-0.05, 0) is 37.1 Å². The minimum atomic E-state index is -4.35. The van der Waals surface area contributed by atoms with E-state index in [0.29, 0.717) is 18.8 Å². The van der Waals surface area contributed by atoms with E-state index >= 15 is 0 Å². The highest BCUT2D eigenvalue weighted by atomic mass is 32.3. The summed E-state index contributed by atoms with van der Waals surface area (Å²) in [5.41, 5.74) is 0. The first-order valence-corrected chi connectivity index (χ1v) is 6.76. The van der Waals surface area contributed by atoms with Gasteiger partial charge in [0.15, 0.2) is 0 Å². The third-order valence-electron chi connectivity index (χ3n) is 2.11. The van der Waals surface area contributed by atoms with Crippen LogP contribution in [0.2, 0.25) is 0 Å². The van der Waals surface area contributed by atoms with Gasteiger partial charge in [0.1, 0.15) is 11.5 Å². The number of halogens is 1. The Bertz CT molecular complexity index is 427. The SMILES string of the molecule is COc1ccc(OCCCCS(=O)(=O)F)cc1. The predicted molar refractivity (Wildman–Crippen MR) is 62.6 cm³/mol. The highest BCUT2D eigenvalue weighted by molar-refractivity contribution is 7.86. The Morgan fingerprint density at radius 1 is 1.12 bits per heavy atom. The number of rotatable bonds is 7. The first-order chi connectivity index (χ1) is 8.01. The summed E-state index contributed by atoms with van der Waals surface area (Å²) >= 11 is 0. The molecule has 0 amide bonds. The molecule has 0 aliphatic rings. The second-order valence-electron chi connectivity index (χ2n) is 3.47. The van der Waals surface area contributed by atoms with E-state index in [1.165, 1.54) is 0 Å². The number of benzene rings is 1. The van der Waals surface area contributed by atoms with Crippen LogP contribution in [0.3, 0.4) is 0 Å². The van der Waals surface area contributed by atoms with Crippen LogP contribution in [0, 0.1) is 0 Å². The van der Waals surface area contributed by atoms with Gasteiger partial charge in [-0.1, -0.05) is 0 Å². The summed E-state index contributed by atoms with van der Waals surface area (Å²) in [4.78, 5) is 0. The minimum absolute atomic E-state index is 0.259. The van der Waals surface area contributed by atoms with Gasteiger partial charge in [0.25, 0.3) is 0 Å². The van der Waals surface area contributed by atoms with Crippen LogP contribution in [-0.2, 0) is 10.2 Å². The first-order valence-electron chi connectivity index (χ1n) is 5.20. The molecule has 0 aromatic heterocycles. The van der Waals surface area contributed by atoms with Gasteiger partial charge in [-0.2, -0.15) is 8.42 Å². The van der Waals surface area contributed by atoms with Crippen molar-refractivity contribution in [1.29, 1.82) is 0 Å².